The van der Waals surface area contributed by atoms with Crippen LogP contribution < -0.4 is 11.2 Å². The second kappa shape index (κ2) is 4.77. The van der Waals surface area contributed by atoms with Crippen LogP contribution in [-0.4, -0.2) is 45.4 Å². The van der Waals surface area contributed by atoms with E-state index >= 15 is 0 Å². The third kappa shape index (κ3) is 2.44. The molecule has 0 amide bonds. The Morgan fingerprint density at radius 1 is 1.43 bits per heavy atom. The highest BCUT2D eigenvalue weighted by molar-refractivity contribution is 5.03. The van der Waals surface area contributed by atoms with Crippen molar-refractivity contribution in [2.24, 2.45) is 0 Å². The van der Waals surface area contributed by atoms with Gasteiger partial charge in [-0.05, 0) is 20.8 Å². The van der Waals surface area contributed by atoms with Gasteiger partial charge in [0.25, 0.3) is 5.56 Å². The maximum Gasteiger partial charge on any atom is 0.330 e. The van der Waals surface area contributed by atoms with Crippen LogP contribution in [0.2, 0.25) is 0 Å². The second-order valence-corrected chi connectivity index (χ2v) is 5.83. The van der Waals surface area contributed by atoms with Crippen LogP contribution in [0.4, 0.5) is 0 Å². The molecule has 1 aromatic rings. The standard InChI is InChI=1S/C13H18N2O6/c1-6-4-15(12(18)14-10(6)17)11-8(16)9-7(20-11)5-19-13(2,3)21-9/h4,7-9,11,16H,5H2,1-3H3,(H,14,17,18)/t7-,8-,9+,11-/m1/s1. The lowest BCUT2D eigenvalue weighted by molar-refractivity contribution is -0.300. The molecule has 0 aromatic carbocycles. The molecule has 2 aliphatic rings. The van der Waals surface area contributed by atoms with E-state index < -0.39 is 41.6 Å². The van der Waals surface area contributed by atoms with Crippen molar-refractivity contribution in [1.82, 2.24) is 9.55 Å². The van der Waals surface area contributed by atoms with Gasteiger partial charge in [0.2, 0.25) is 0 Å². The van der Waals surface area contributed by atoms with Crippen molar-refractivity contribution in [1.29, 1.82) is 0 Å². The number of hydrogen-bond donors (Lipinski definition) is 2. The lowest BCUT2D eigenvalue weighted by atomic mass is 10.1. The van der Waals surface area contributed by atoms with Crippen molar-refractivity contribution >= 4 is 0 Å². The molecule has 0 aliphatic carbocycles. The minimum atomic E-state index is -1.03. The predicted molar refractivity (Wildman–Crippen MR) is 70.9 cm³/mol. The Morgan fingerprint density at radius 2 is 2.14 bits per heavy atom. The number of aromatic nitrogens is 2. The van der Waals surface area contributed by atoms with Gasteiger partial charge in [0.15, 0.2) is 12.0 Å². The van der Waals surface area contributed by atoms with Crippen LogP contribution in [0.25, 0.3) is 0 Å². The van der Waals surface area contributed by atoms with Crippen LogP contribution in [0, 0.1) is 6.92 Å². The molecule has 3 rings (SSSR count). The summed E-state index contributed by atoms with van der Waals surface area (Å²) in [5, 5.41) is 10.4. The molecule has 0 radical (unpaired) electrons. The quantitative estimate of drug-likeness (QED) is 0.707. The van der Waals surface area contributed by atoms with Gasteiger partial charge in [0.05, 0.1) is 6.61 Å². The van der Waals surface area contributed by atoms with Gasteiger partial charge >= 0.3 is 5.69 Å². The minimum absolute atomic E-state index is 0.266. The summed E-state index contributed by atoms with van der Waals surface area (Å²) in [6, 6.07) is 0. The first-order chi connectivity index (χ1) is 9.78. The Labute approximate surface area is 120 Å². The zero-order valence-corrected chi connectivity index (χ0v) is 12.0. The van der Waals surface area contributed by atoms with Crippen molar-refractivity contribution in [3.8, 4) is 0 Å². The molecule has 1 aromatic heterocycles. The van der Waals surface area contributed by atoms with Gasteiger partial charge in [-0.1, -0.05) is 0 Å². The van der Waals surface area contributed by atoms with Crippen molar-refractivity contribution in [3.05, 3.63) is 32.6 Å². The van der Waals surface area contributed by atoms with Crippen LogP contribution in [0.1, 0.15) is 25.6 Å². The molecule has 3 heterocycles. The number of aromatic amines is 1. The normalized spacial score (nSPS) is 34.7. The number of nitrogens with zero attached hydrogens (tertiary/aromatic N) is 1. The van der Waals surface area contributed by atoms with E-state index in [1.54, 1.807) is 20.8 Å². The topological polar surface area (TPSA) is 103 Å². The summed E-state index contributed by atoms with van der Waals surface area (Å²) in [6.07, 6.45) is -1.62. The minimum Gasteiger partial charge on any atom is -0.386 e. The average molecular weight is 298 g/mol. The second-order valence-electron chi connectivity index (χ2n) is 5.83. The fourth-order valence-electron chi connectivity index (χ4n) is 2.65. The van der Waals surface area contributed by atoms with Gasteiger partial charge in [-0.15, -0.1) is 0 Å². The van der Waals surface area contributed by atoms with E-state index in [2.05, 4.69) is 4.98 Å². The van der Waals surface area contributed by atoms with Crippen LogP contribution in [0.15, 0.2) is 15.8 Å². The molecule has 2 N–H and O–H groups in total. The monoisotopic (exact) mass is 298 g/mol. The third-order valence-electron chi connectivity index (χ3n) is 3.74. The van der Waals surface area contributed by atoms with E-state index in [4.69, 9.17) is 14.2 Å². The van der Waals surface area contributed by atoms with Crippen molar-refractivity contribution in [3.63, 3.8) is 0 Å². The Hall–Kier alpha value is -1.48. The van der Waals surface area contributed by atoms with Crippen molar-refractivity contribution in [2.45, 2.75) is 51.1 Å². The predicted octanol–water partition coefficient (Wildman–Crippen LogP) is -0.745. The zero-order valence-electron chi connectivity index (χ0n) is 12.0. The Bertz CT molecular complexity index is 663. The van der Waals surface area contributed by atoms with Gasteiger partial charge in [-0.3, -0.25) is 14.3 Å². The first kappa shape index (κ1) is 14.5. The van der Waals surface area contributed by atoms with E-state index in [9.17, 15) is 14.7 Å². The number of ether oxygens (including phenoxy) is 3. The number of aliphatic hydroxyl groups is 1. The highest BCUT2D eigenvalue weighted by atomic mass is 16.7. The summed E-state index contributed by atoms with van der Waals surface area (Å²) in [6.45, 7) is 5.34. The van der Waals surface area contributed by atoms with E-state index in [-0.39, 0.29) is 6.61 Å². The van der Waals surface area contributed by atoms with Crippen LogP contribution in [0.5, 0.6) is 0 Å². The van der Waals surface area contributed by atoms with E-state index in [0.29, 0.717) is 5.56 Å². The lowest BCUT2D eigenvalue weighted by Crippen LogP contribution is -2.50. The summed E-state index contributed by atoms with van der Waals surface area (Å²) < 4.78 is 18.0. The number of nitrogens with one attached hydrogen (secondary N) is 1. The van der Waals surface area contributed by atoms with Gasteiger partial charge < -0.3 is 19.3 Å². The summed E-state index contributed by atoms with van der Waals surface area (Å²) >= 11 is 0. The SMILES string of the molecule is Cc1cn([C@@H]2O[C@@H]3COC(C)(C)O[C@@H]3[C@H]2O)c(=O)[nH]c1=O. The third-order valence-corrected chi connectivity index (χ3v) is 3.74. The summed E-state index contributed by atoms with van der Waals surface area (Å²) in [5.41, 5.74) is -0.729. The van der Waals surface area contributed by atoms with Gasteiger partial charge in [0.1, 0.15) is 18.3 Å². The van der Waals surface area contributed by atoms with Crippen LogP contribution in [0.3, 0.4) is 0 Å². The van der Waals surface area contributed by atoms with Crippen molar-refractivity contribution in [2.75, 3.05) is 6.61 Å². The highest BCUT2D eigenvalue weighted by Crippen LogP contribution is 2.36. The molecule has 8 heteroatoms. The Morgan fingerprint density at radius 3 is 2.86 bits per heavy atom. The molecule has 0 saturated carbocycles. The molecular formula is C13H18N2O6. The number of aliphatic hydroxyl groups excluding tert-OH is 1. The van der Waals surface area contributed by atoms with Gasteiger partial charge in [-0.25, -0.2) is 4.79 Å². The molecule has 2 saturated heterocycles. The van der Waals surface area contributed by atoms with E-state index in [1.807, 2.05) is 0 Å². The number of rotatable bonds is 1. The Kier molecular flexibility index (Phi) is 3.28. The number of hydrogen-bond acceptors (Lipinski definition) is 6. The largest absolute Gasteiger partial charge is 0.386 e. The number of fused-ring (bicyclic) bond motifs is 1. The molecule has 21 heavy (non-hydrogen) atoms. The van der Waals surface area contributed by atoms with E-state index in [1.165, 1.54) is 10.8 Å². The molecule has 4 atom stereocenters. The molecular weight excluding hydrogens is 280 g/mol. The molecule has 0 bridgehead atoms. The average Bonchev–Trinajstić information content (AvgIpc) is 2.70. The van der Waals surface area contributed by atoms with Crippen LogP contribution in [-0.2, 0) is 14.2 Å². The van der Waals surface area contributed by atoms with Crippen molar-refractivity contribution < 1.29 is 19.3 Å². The van der Waals surface area contributed by atoms with Gasteiger partial charge in [-0.2, -0.15) is 0 Å². The fourth-order valence-corrected chi connectivity index (χ4v) is 2.65. The maximum atomic E-state index is 11.9. The van der Waals surface area contributed by atoms with Crippen LogP contribution >= 0.6 is 0 Å². The summed E-state index contributed by atoms with van der Waals surface area (Å²) in [7, 11) is 0. The molecule has 0 spiro atoms. The zero-order chi connectivity index (χ0) is 15.4. The first-order valence-electron chi connectivity index (χ1n) is 6.76. The smallest absolute Gasteiger partial charge is 0.330 e. The highest BCUT2D eigenvalue weighted by Gasteiger charge is 2.51. The Balaban J connectivity index is 1.94. The molecule has 2 aliphatic heterocycles. The molecule has 0 unspecified atom stereocenters. The summed E-state index contributed by atoms with van der Waals surface area (Å²) in [4.78, 5) is 25.5. The van der Waals surface area contributed by atoms with E-state index in [0.717, 1.165) is 0 Å². The molecule has 116 valence electrons. The van der Waals surface area contributed by atoms with Gasteiger partial charge in [0, 0.05) is 11.8 Å². The fraction of sp³-hybridized carbons (Fsp3) is 0.692. The lowest BCUT2D eigenvalue weighted by Gasteiger charge is -2.37. The number of aryl methyl sites for hydroxylation is 1. The number of H-pyrrole nitrogens is 1. The maximum absolute atomic E-state index is 11.9. The first-order valence-corrected chi connectivity index (χ1v) is 6.76. The molecule has 2 fully saturated rings. The molecule has 8 nitrogen and oxygen atoms in total. The summed E-state index contributed by atoms with van der Waals surface area (Å²) in [5.74, 6) is -0.813.